The zero-order chi connectivity index (χ0) is 21.8. The molecule has 0 radical (unpaired) electrons. The van der Waals surface area contributed by atoms with Crippen molar-refractivity contribution in [1.82, 2.24) is 15.0 Å². The highest BCUT2D eigenvalue weighted by Gasteiger charge is 2.37. The van der Waals surface area contributed by atoms with Crippen LogP contribution in [0.5, 0.6) is 0 Å². The van der Waals surface area contributed by atoms with Crippen molar-refractivity contribution >= 4 is 16.7 Å². The summed E-state index contributed by atoms with van der Waals surface area (Å²) in [6, 6.07) is 28.5. The largest absolute Gasteiger partial charge is 0.411 e. The number of piperidine rings is 1. The third kappa shape index (κ3) is 4.28. The Hall–Kier alpha value is -3.48. The number of hydrogen-bond acceptors (Lipinski definition) is 5. The fourth-order valence-corrected chi connectivity index (χ4v) is 4.44. The smallest absolute Gasteiger partial charge is 0.109 e. The van der Waals surface area contributed by atoms with Crippen LogP contribution in [0.2, 0.25) is 0 Å². The van der Waals surface area contributed by atoms with E-state index in [1.165, 1.54) is 0 Å². The minimum absolute atomic E-state index is 0.0447. The topological polar surface area (TPSA) is 73.7 Å². The van der Waals surface area contributed by atoms with Crippen molar-refractivity contribution in [1.29, 1.82) is 0 Å². The molecule has 5 rings (SSSR count). The van der Waals surface area contributed by atoms with Crippen molar-refractivity contribution in [2.24, 2.45) is 5.16 Å². The van der Waals surface area contributed by atoms with E-state index in [1.807, 2.05) is 60.7 Å². The molecule has 1 saturated heterocycles. The number of benzene rings is 3. The van der Waals surface area contributed by atoms with E-state index in [2.05, 4.69) is 44.5 Å². The van der Waals surface area contributed by atoms with E-state index < -0.39 is 0 Å². The molecule has 2 unspecified atom stereocenters. The van der Waals surface area contributed by atoms with E-state index in [4.69, 9.17) is 4.84 Å². The lowest BCUT2D eigenvalue weighted by molar-refractivity contribution is -0.220. The van der Waals surface area contributed by atoms with Gasteiger partial charge in [-0.3, -0.25) is 4.84 Å². The number of imidazole rings is 1. The minimum atomic E-state index is -0.0447. The van der Waals surface area contributed by atoms with Crippen molar-refractivity contribution in [3.05, 3.63) is 102 Å². The number of hydroxylamine groups is 2. The zero-order valence-corrected chi connectivity index (χ0v) is 17.8. The Balaban J connectivity index is 1.41. The van der Waals surface area contributed by atoms with Crippen molar-refractivity contribution < 1.29 is 10.0 Å². The average molecular weight is 427 g/mol. The second-order valence-corrected chi connectivity index (χ2v) is 8.07. The van der Waals surface area contributed by atoms with Crippen LogP contribution in [-0.2, 0) is 11.3 Å². The van der Waals surface area contributed by atoms with Gasteiger partial charge >= 0.3 is 0 Å². The van der Waals surface area contributed by atoms with Crippen molar-refractivity contribution in [3.63, 3.8) is 0 Å². The van der Waals surface area contributed by atoms with Gasteiger partial charge in [0.25, 0.3) is 0 Å². The van der Waals surface area contributed by atoms with E-state index in [-0.39, 0.29) is 12.1 Å². The van der Waals surface area contributed by atoms with Crippen LogP contribution in [0.15, 0.2) is 90.1 Å². The standard InChI is InChI=1S/C26H26N4O2/c31-29-21-17-24(19-9-3-1-4-10-19)30(25(18-21)20-11-5-2-6-12-20)32-16-15-26-27-22-13-7-8-14-23(22)28-26/h1-14,24-25,31H,15-18H2,(H,27,28). The molecule has 6 heteroatoms. The molecular formula is C26H26N4O2. The summed E-state index contributed by atoms with van der Waals surface area (Å²) in [6.07, 6.45) is 1.91. The average Bonchev–Trinajstić information content (AvgIpc) is 3.28. The first-order valence-corrected chi connectivity index (χ1v) is 11.0. The highest BCUT2D eigenvalue weighted by molar-refractivity contribution is 5.86. The van der Waals surface area contributed by atoms with Crippen LogP contribution < -0.4 is 0 Å². The fraction of sp³-hybridized carbons (Fsp3) is 0.231. The van der Waals surface area contributed by atoms with Gasteiger partial charge in [-0.05, 0) is 23.3 Å². The van der Waals surface area contributed by atoms with Gasteiger partial charge in [-0.25, -0.2) is 4.98 Å². The lowest BCUT2D eigenvalue weighted by Crippen LogP contribution is -2.40. The zero-order valence-electron chi connectivity index (χ0n) is 17.8. The Kier molecular flexibility index (Phi) is 5.96. The summed E-state index contributed by atoms with van der Waals surface area (Å²) in [5, 5.41) is 15.3. The summed E-state index contributed by atoms with van der Waals surface area (Å²) >= 11 is 0. The first-order chi connectivity index (χ1) is 15.8. The predicted molar refractivity (Wildman–Crippen MR) is 124 cm³/mol. The Labute approximate surface area is 187 Å². The van der Waals surface area contributed by atoms with Crippen molar-refractivity contribution in [3.8, 4) is 0 Å². The summed E-state index contributed by atoms with van der Waals surface area (Å²) in [7, 11) is 0. The van der Waals surface area contributed by atoms with Crippen LogP contribution >= 0.6 is 0 Å². The van der Waals surface area contributed by atoms with Crippen LogP contribution in [0.1, 0.15) is 41.9 Å². The molecule has 32 heavy (non-hydrogen) atoms. The summed E-state index contributed by atoms with van der Waals surface area (Å²) < 4.78 is 0. The monoisotopic (exact) mass is 426 g/mol. The fourth-order valence-electron chi connectivity index (χ4n) is 4.44. The third-order valence-electron chi connectivity index (χ3n) is 6.00. The molecule has 1 fully saturated rings. The summed E-state index contributed by atoms with van der Waals surface area (Å²) in [5.74, 6) is 0.911. The molecule has 3 aromatic carbocycles. The maximum absolute atomic E-state index is 9.62. The van der Waals surface area contributed by atoms with Gasteiger partial charge < -0.3 is 10.2 Å². The number of para-hydroxylation sites is 2. The van der Waals surface area contributed by atoms with Crippen molar-refractivity contribution in [2.45, 2.75) is 31.3 Å². The van der Waals surface area contributed by atoms with Gasteiger partial charge in [0.1, 0.15) is 5.82 Å². The maximum Gasteiger partial charge on any atom is 0.109 e. The summed E-state index contributed by atoms with van der Waals surface area (Å²) in [4.78, 5) is 14.5. The maximum atomic E-state index is 9.62. The highest BCUT2D eigenvalue weighted by atomic mass is 16.7. The molecule has 0 aliphatic carbocycles. The van der Waals surface area contributed by atoms with E-state index >= 15 is 0 Å². The number of nitrogens with zero attached hydrogens (tertiary/aromatic N) is 3. The molecule has 0 saturated carbocycles. The number of nitrogens with one attached hydrogen (secondary N) is 1. The van der Waals surface area contributed by atoms with Crippen LogP contribution in [0.3, 0.4) is 0 Å². The molecule has 1 aliphatic heterocycles. The number of fused-ring (bicyclic) bond motifs is 1. The predicted octanol–water partition coefficient (Wildman–Crippen LogP) is 5.45. The number of aromatic amines is 1. The first-order valence-electron chi connectivity index (χ1n) is 11.0. The molecule has 2 atom stereocenters. The Morgan fingerprint density at radius 3 is 2.06 bits per heavy atom. The number of H-pyrrole nitrogens is 1. The molecule has 0 amide bonds. The highest BCUT2D eigenvalue weighted by Crippen LogP contribution is 2.40. The lowest BCUT2D eigenvalue weighted by atomic mass is 9.88. The van der Waals surface area contributed by atoms with Gasteiger partial charge in [-0.2, -0.15) is 5.06 Å². The van der Waals surface area contributed by atoms with Gasteiger partial charge in [0.15, 0.2) is 0 Å². The van der Waals surface area contributed by atoms with Crippen LogP contribution in [0.4, 0.5) is 0 Å². The van der Waals surface area contributed by atoms with Crippen LogP contribution in [0, 0.1) is 0 Å². The van der Waals surface area contributed by atoms with Crippen molar-refractivity contribution in [2.75, 3.05) is 6.61 Å². The molecule has 6 nitrogen and oxygen atoms in total. The normalized spacial score (nSPS) is 19.3. The van der Waals surface area contributed by atoms with Gasteiger partial charge in [0.2, 0.25) is 0 Å². The van der Waals surface area contributed by atoms with E-state index in [9.17, 15) is 5.21 Å². The second-order valence-electron chi connectivity index (χ2n) is 8.07. The van der Waals surface area contributed by atoms with Gasteiger partial charge in [-0.1, -0.05) is 78.0 Å². The molecule has 4 aromatic rings. The second kappa shape index (κ2) is 9.34. The van der Waals surface area contributed by atoms with E-state index in [0.29, 0.717) is 25.9 Å². The number of hydrogen-bond donors (Lipinski definition) is 2. The van der Waals surface area contributed by atoms with Crippen LogP contribution in [0.25, 0.3) is 11.0 Å². The molecule has 1 aromatic heterocycles. The number of rotatable bonds is 6. The van der Waals surface area contributed by atoms with Crippen LogP contribution in [-0.4, -0.2) is 32.6 Å². The molecule has 1 aliphatic rings. The minimum Gasteiger partial charge on any atom is -0.411 e. The summed E-state index contributed by atoms with van der Waals surface area (Å²) in [6.45, 7) is 0.498. The Bertz CT molecular complexity index is 1110. The molecule has 0 spiro atoms. The molecule has 162 valence electrons. The van der Waals surface area contributed by atoms with E-state index in [0.717, 1.165) is 33.7 Å². The number of oxime groups is 1. The quantitative estimate of drug-likeness (QED) is 0.318. The molecule has 2 N–H and O–H groups in total. The molecular weight excluding hydrogens is 400 g/mol. The number of aromatic nitrogens is 2. The molecule has 0 bridgehead atoms. The van der Waals surface area contributed by atoms with Gasteiger partial charge in [0.05, 0.1) is 35.4 Å². The van der Waals surface area contributed by atoms with Gasteiger partial charge in [0, 0.05) is 19.3 Å². The molecule has 2 heterocycles. The Morgan fingerprint density at radius 1 is 0.875 bits per heavy atom. The SMILES string of the molecule is ON=C1CC(c2ccccc2)N(OCCc2nc3ccccc3[nH]2)C(c2ccccc2)C1. The summed E-state index contributed by atoms with van der Waals surface area (Å²) in [5.41, 5.74) is 5.06. The Morgan fingerprint density at radius 2 is 1.47 bits per heavy atom. The lowest BCUT2D eigenvalue weighted by Gasteiger charge is -2.41. The van der Waals surface area contributed by atoms with E-state index in [1.54, 1.807) is 0 Å². The first kappa shape index (κ1) is 20.4. The van der Waals surface area contributed by atoms with Gasteiger partial charge in [-0.15, -0.1) is 0 Å². The third-order valence-corrected chi connectivity index (χ3v) is 6.00.